The van der Waals surface area contributed by atoms with E-state index in [0.29, 0.717) is 31.3 Å². The van der Waals surface area contributed by atoms with Crippen molar-refractivity contribution in [3.05, 3.63) is 17.8 Å². The molecule has 5 heteroatoms. The van der Waals surface area contributed by atoms with E-state index >= 15 is 0 Å². The lowest BCUT2D eigenvalue weighted by atomic mass is 10.4. The van der Waals surface area contributed by atoms with Crippen LogP contribution in [0.25, 0.3) is 0 Å². The predicted octanol–water partition coefficient (Wildman–Crippen LogP) is 0.330. The van der Waals surface area contributed by atoms with Crippen LogP contribution in [0.2, 0.25) is 0 Å². The molecular formula is C8H13NO4. The van der Waals surface area contributed by atoms with Crippen molar-refractivity contribution in [1.82, 2.24) is 4.98 Å². The maximum atomic E-state index is 8.81. The smallest absolute Gasteiger partial charge is 0.181 e. The van der Waals surface area contributed by atoms with Gasteiger partial charge in [-0.1, -0.05) is 0 Å². The van der Waals surface area contributed by atoms with Gasteiger partial charge in [0.25, 0.3) is 0 Å². The summed E-state index contributed by atoms with van der Waals surface area (Å²) in [6.07, 6.45) is 1.29. The maximum Gasteiger partial charge on any atom is 0.181 e. The van der Waals surface area contributed by atoms with Crippen molar-refractivity contribution in [2.45, 2.75) is 13.2 Å². The number of nitrogens with zero attached hydrogens (tertiary/aromatic N) is 1. The summed E-state index contributed by atoms with van der Waals surface area (Å²) in [5.41, 5.74) is 0.525. The molecule has 0 saturated heterocycles. The fraction of sp³-hybridized carbons (Fsp3) is 0.625. The van der Waals surface area contributed by atoms with Gasteiger partial charge in [0.2, 0.25) is 0 Å². The zero-order chi connectivity index (χ0) is 9.52. The van der Waals surface area contributed by atoms with Gasteiger partial charge in [0.1, 0.15) is 12.3 Å². The fourth-order valence-corrected chi connectivity index (χ4v) is 0.847. The molecule has 5 nitrogen and oxygen atoms in total. The van der Waals surface area contributed by atoms with Crippen molar-refractivity contribution in [3.63, 3.8) is 0 Å². The first-order chi connectivity index (χ1) is 6.38. The molecule has 0 aliphatic heterocycles. The third-order valence-electron chi connectivity index (χ3n) is 1.54. The highest BCUT2D eigenvalue weighted by atomic mass is 16.5. The summed E-state index contributed by atoms with van der Waals surface area (Å²) in [6, 6.07) is 0. The summed E-state index contributed by atoms with van der Waals surface area (Å²) < 4.78 is 15.0. The second-order valence-electron chi connectivity index (χ2n) is 2.43. The Morgan fingerprint density at radius 3 is 3.08 bits per heavy atom. The van der Waals surface area contributed by atoms with Crippen LogP contribution in [0.4, 0.5) is 0 Å². The van der Waals surface area contributed by atoms with Crippen LogP contribution in [0.5, 0.6) is 0 Å². The van der Waals surface area contributed by atoms with Crippen molar-refractivity contribution in [1.29, 1.82) is 0 Å². The molecule has 0 fully saturated rings. The number of aromatic nitrogens is 1. The molecule has 74 valence electrons. The summed E-state index contributed by atoms with van der Waals surface area (Å²) in [6.45, 7) is 1.24. The van der Waals surface area contributed by atoms with Crippen LogP contribution in [0.15, 0.2) is 10.8 Å². The molecule has 1 aromatic rings. The normalized spacial score (nSPS) is 10.6. The zero-order valence-electron chi connectivity index (χ0n) is 7.52. The van der Waals surface area contributed by atoms with Crippen LogP contribution in [0.1, 0.15) is 11.5 Å². The molecule has 0 aliphatic rings. The van der Waals surface area contributed by atoms with E-state index in [-0.39, 0.29) is 6.61 Å². The number of hydrogen-bond acceptors (Lipinski definition) is 5. The first-order valence-electron chi connectivity index (χ1n) is 3.97. The summed E-state index contributed by atoms with van der Waals surface area (Å²) in [5, 5.41) is 8.81. The van der Waals surface area contributed by atoms with E-state index in [2.05, 4.69) is 4.98 Å². The lowest BCUT2D eigenvalue weighted by molar-refractivity contribution is 0.0528. The number of oxazole rings is 1. The van der Waals surface area contributed by atoms with Crippen molar-refractivity contribution >= 4 is 0 Å². The molecular weight excluding hydrogens is 174 g/mol. The third kappa shape index (κ3) is 3.14. The Bertz CT molecular complexity index is 236. The van der Waals surface area contributed by atoms with Gasteiger partial charge in [-0.3, -0.25) is 0 Å². The fourth-order valence-electron chi connectivity index (χ4n) is 0.847. The van der Waals surface area contributed by atoms with Crippen LogP contribution in [0.3, 0.4) is 0 Å². The standard InChI is InChI=1S/C8H13NO4/c1-11-2-3-12-5-8-7(4-10)9-6-13-8/h6,10H,2-5H2,1H3. The Morgan fingerprint density at radius 2 is 2.38 bits per heavy atom. The highest BCUT2D eigenvalue weighted by Gasteiger charge is 2.06. The monoisotopic (exact) mass is 187 g/mol. The van der Waals surface area contributed by atoms with E-state index in [1.165, 1.54) is 6.39 Å². The molecule has 0 bridgehead atoms. The molecule has 0 atom stereocenters. The van der Waals surface area contributed by atoms with Gasteiger partial charge in [0.05, 0.1) is 19.8 Å². The lowest BCUT2D eigenvalue weighted by Gasteiger charge is -2.01. The molecule has 0 saturated carbocycles. The van der Waals surface area contributed by atoms with Gasteiger partial charge in [-0.15, -0.1) is 0 Å². The van der Waals surface area contributed by atoms with Gasteiger partial charge in [0, 0.05) is 7.11 Å². The second kappa shape index (κ2) is 5.69. The Kier molecular flexibility index (Phi) is 4.45. The topological polar surface area (TPSA) is 64.7 Å². The molecule has 1 heterocycles. The number of ether oxygens (including phenoxy) is 2. The van der Waals surface area contributed by atoms with Gasteiger partial charge in [-0.2, -0.15) is 0 Å². The molecule has 0 aromatic carbocycles. The summed E-state index contributed by atoms with van der Waals surface area (Å²) in [7, 11) is 1.61. The van der Waals surface area contributed by atoms with Gasteiger partial charge < -0.3 is 19.0 Å². The number of aliphatic hydroxyl groups is 1. The van der Waals surface area contributed by atoms with Crippen LogP contribution in [-0.4, -0.2) is 30.4 Å². The summed E-state index contributed by atoms with van der Waals surface area (Å²) in [5.74, 6) is 0.568. The van der Waals surface area contributed by atoms with Crippen LogP contribution >= 0.6 is 0 Å². The number of methoxy groups -OCH3 is 1. The lowest BCUT2D eigenvalue weighted by Crippen LogP contribution is -2.02. The number of hydrogen-bond donors (Lipinski definition) is 1. The van der Waals surface area contributed by atoms with E-state index in [1.807, 2.05) is 0 Å². The van der Waals surface area contributed by atoms with Crippen molar-refractivity contribution in [3.8, 4) is 0 Å². The van der Waals surface area contributed by atoms with E-state index in [4.69, 9.17) is 19.0 Å². The highest BCUT2D eigenvalue weighted by Crippen LogP contribution is 2.07. The van der Waals surface area contributed by atoms with Gasteiger partial charge >= 0.3 is 0 Å². The highest BCUT2D eigenvalue weighted by molar-refractivity contribution is 5.04. The summed E-state index contributed by atoms with van der Waals surface area (Å²) in [4.78, 5) is 3.81. The van der Waals surface area contributed by atoms with E-state index in [0.717, 1.165) is 0 Å². The molecule has 0 radical (unpaired) electrons. The largest absolute Gasteiger partial charge is 0.446 e. The zero-order valence-corrected chi connectivity index (χ0v) is 7.52. The first kappa shape index (κ1) is 10.2. The maximum absolute atomic E-state index is 8.81. The predicted molar refractivity (Wildman–Crippen MR) is 44.0 cm³/mol. The molecule has 0 amide bonds. The van der Waals surface area contributed by atoms with E-state index in [1.54, 1.807) is 7.11 Å². The molecule has 0 unspecified atom stereocenters. The molecule has 0 aliphatic carbocycles. The average Bonchev–Trinajstić information content (AvgIpc) is 2.60. The third-order valence-corrected chi connectivity index (χ3v) is 1.54. The Hall–Kier alpha value is -0.910. The minimum absolute atomic E-state index is 0.126. The Balaban J connectivity index is 2.27. The van der Waals surface area contributed by atoms with E-state index < -0.39 is 0 Å². The average molecular weight is 187 g/mol. The summed E-state index contributed by atoms with van der Waals surface area (Å²) >= 11 is 0. The van der Waals surface area contributed by atoms with Gasteiger partial charge in [-0.05, 0) is 0 Å². The second-order valence-corrected chi connectivity index (χ2v) is 2.43. The quantitative estimate of drug-likeness (QED) is 0.650. The number of rotatable bonds is 6. The Morgan fingerprint density at radius 1 is 1.54 bits per heavy atom. The van der Waals surface area contributed by atoms with Crippen molar-refractivity contribution in [2.75, 3.05) is 20.3 Å². The molecule has 13 heavy (non-hydrogen) atoms. The SMILES string of the molecule is COCCOCc1ocnc1CO. The first-order valence-corrected chi connectivity index (χ1v) is 3.97. The van der Waals surface area contributed by atoms with Crippen molar-refractivity contribution < 1.29 is 19.0 Å². The van der Waals surface area contributed by atoms with Crippen molar-refractivity contribution in [2.24, 2.45) is 0 Å². The molecule has 1 aromatic heterocycles. The minimum atomic E-state index is -0.126. The van der Waals surface area contributed by atoms with Gasteiger partial charge in [-0.25, -0.2) is 4.98 Å². The minimum Gasteiger partial charge on any atom is -0.446 e. The molecule has 0 spiro atoms. The number of aliphatic hydroxyl groups excluding tert-OH is 1. The van der Waals surface area contributed by atoms with Crippen LogP contribution < -0.4 is 0 Å². The van der Waals surface area contributed by atoms with Crippen LogP contribution in [0, 0.1) is 0 Å². The molecule has 1 rings (SSSR count). The Labute approximate surface area is 76.3 Å². The van der Waals surface area contributed by atoms with E-state index in [9.17, 15) is 0 Å². The van der Waals surface area contributed by atoms with Crippen LogP contribution in [-0.2, 0) is 22.7 Å². The molecule has 1 N–H and O–H groups in total. The van der Waals surface area contributed by atoms with Gasteiger partial charge in [0.15, 0.2) is 12.2 Å².